The van der Waals surface area contributed by atoms with Gasteiger partial charge in [-0.25, -0.2) is 0 Å². The third kappa shape index (κ3) is 3.01. The summed E-state index contributed by atoms with van der Waals surface area (Å²) < 4.78 is 0. The van der Waals surface area contributed by atoms with Crippen LogP contribution in [0.25, 0.3) is 0 Å². The summed E-state index contributed by atoms with van der Waals surface area (Å²) in [5.74, 6) is 2.78. The second kappa shape index (κ2) is 6.64. The third-order valence-corrected chi connectivity index (χ3v) is 4.57. The largest absolute Gasteiger partial charge is 0.508 e. The first-order chi connectivity index (χ1) is 11.5. The van der Waals surface area contributed by atoms with Gasteiger partial charge in [0.05, 0.1) is 18.9 Å². The van der Waals surface area contributed by atoms with Gasteiger partial charge in [0.1, 0.15) is 17.5 Å². The Morgan fingerprint density at radius 3 is 2.17 bits per heavy atom. The number of halogens is 2. The van der Waals surface area contributed by atoms with Gasteiger partial charge in [-0.2, -0.15) is 0 Å². The summed E-state index contributed by atoms with van der Waals surface area (Å²) in [6.45, 7) is 0.359. The molecule has 0 unspecified atom stereocenters. The summed E-state index contributed by atoms with van der Waals surface area (Å²) in [6.07, 6.45) is 7.14. The summed E-state index contributed by atoms with van der Waals surface area (Å²) in [4.78, 5) is 6.43. The molecule has 2 N–H and O–H groups in total. The van der Waals surface area contributed by atoms with Crippen molar-refractivity contribution in [2.45, 2.75) is 12.1 Å². The molecule has 6 heteroatoms. The van der Waals surface area contributed by atoms with E-state index in [0.29, 0.717) is 16.6 Å². The molecule has 0 radical (unpaired) electrons. The highest BCUT2D eigenvalue weighted by atomic mass is 35.5. The number of phenolic OH excluding ortho intramolecular Hbond substituents is 2. The van der Waals surface area contributed by atoms with Gasteiger partial charge in [0.15, 0.2) is 0 Å². The van der Waals surface area contributed by atoms with E-state index in [9.17, 15) is 10.2 Å². The van der Waals surface area contributed by atoms with Crippen LogP contribution >= 0.6 is 23.2 Å². The predicted octanol–water partition coefficient (Wildman–Crippen LogP) is 4.16. The fraction of sp³-hybridized carbons (Fsp3) is 0.167. The number of phenols is 2. The first-order valence-corrected chi connectivity index (χ1v) is 7.96. The lowest BCUT2D eigenvalue weighted by Gasteiger charge is -2.28. The molecule has 0 amide bonds. The van der Waals surface area contributed by atoms with Crippen molar-refractivity contribution >= 4 is 29.5 Å². The Morgan fingerprint density at radius 2 is 1.62 bits per heavy atom. The Labute approximate surface area is 150 Å². The van der Waals surface area contributed by atoms with Crippen molar-refractivity contribution in [3.8, 4) is 23.8 Å². The smallest absolute Gasteiger partial charge is 0.117 e. The van der Waals surface area contributed by atoms with E-state index >= 15 is 0 Å². The zero-order valence-electron chi connectivity index (χ0n) is 12.5. The highest BCUT2D eigenvalue weighted by Crippen LogP contribution is 2.45. The normalized spacial score (nSPS) is 19.5. The van der Waals surface area contributed by atoms with Gasteiger partial charge < -0.3 is 15.1 Å². The average molecular weight is 361 g/mol. The van der Waals surface area contributed by atoms with E-state index in [2.05, 4.69) is 10.9 Å². The number of aliphatic imine (C=N–C) groups is 1. The van der Waals surface area contributed by atoms with E-state index in [0.717, 1.165) is 11.1 Å². The van der Waals surface area contributed by atoms with Gasteiger partial charge in [-0.15, -0.1) is 6.42 Å². The molecule has 0 saturated carbocycles. The van der Waals surface area contributed by atoms with Crippen LogP contribution in [0.15, 0.2) is 41.4 Å². The molecule has 4 nitrogen and oxygen atoms in total. The zero-order valence-corrected chi connectivity index (χ0v) is 14.0. The van der Waals surface area contributed by atoms with Crippen molar-refractivity contribution < 1.29 is 10.2 Å². The van der Waals surface area contributed by atoms with Crippen LogP contribution in [0.5, 0.6) is 11.5 Å². The van der Waals surface area contributed by atoms with Gasteiger partial charge in [-0.05, 0) is 35.4 Å². The van der Waals surface area contributed by atoms with E-state index in [1.54, 1.807) is 30.6 Å². The van der Waals surface area contributed by atoms with Gasteiger partial charge in [-0.1, -0.05) is 41.3 Å². The minimum atomic E-state index is -0.325. The molecule has 0 bridgehead atoms. The second-order valence-electron chi connectivity index (χ2n) is 5.44. The number of rotatable bonds is 3. The molecular weight excluding hydrogens is 347 g/mol. The van der Waals surface area contributed by atoms with E-state index in [1.165, 1.54) is 12.1 Å². The Kier molecular flexibility index (Phi) is 4.57. The predicted molar refractivity (Wildman–Crippen MR) is 95.7 cm³/mol. The SMILES string of the molecule is C#CCN1C=N[C@@H](c2ccc(O)cc2Cl)[C@H]1c1ccc(O)cc1Cl. The van der Waals surface area contributed by atoms with E-state index in [-0.39, 0.29) is 23.6 Å². The summed E-state index contributed by atoms with van der Waals surface area (Å²) in [7, 11) is 0. The van der Waals surface area contributed by atoms with E-state index < -0.39 is 0 Å². The first-order valence-electron chi connectivity index (χ1n) is 7.20. The molecule has 0 aromatic heterocycles. The number of terminal acetylenes is 1. The highest BCUT2D eigenvalue weighted by Gasteiger charge is 2.35. The van der Waals surface area contributed by atoms with Crippen LogP contribution in [0.3, 0.4) is 0 Å². The van der Waals surface area contributed by atoms with Gasteiger partial charge in [-0.3, -0.25) is 4.99 Å². The van der Waals surface area contributed by atoms with E-state index in [1.807, 2.05) is 4.90 Å². The Bertz CT molecular complexity index is 845. The van der Waals surface area contributed by atoms with Crippen LogP contribution in [0.1, 0.15) is 23.2 Å². The Morgan fingerprint density at radius 1 is 1.04 bits per heavy atom. The Balaban J connectivity index is 2.08. The number of hydrogen-bond acceptors (Lipinski definition) is 4. The molecule has 0 aliphatic carbocycles. The maximum Gasteiger partial charge on any atom is 0.117 e. The maximum atomic E-state index is 9.60. The number of benzene rings is 2. The molecule has 0 spiro atoms. The van der Waals surface area contributed by atoms with Crippen LogP contribution in [-0.4, -0.2) is 28.0 Å². The molecule has 2 aromatic carbocycles. The van der Waals surface area contributed by atoms with Crippen molar-refractivity contribution in [3.05, 3.63) is 57.6 Å². The molecule has 2 atom stereocenters. The third-order valence-electron chi connectivity index (χ3n) is 3.91. The van der Waals surface area contributed by atoms with Crippen LogP contribution in [0.4, 0.5) is 0 Å². The van der Waals surface area contributed by atoms with Crippen molar-refractivity contribution in [2.75, 3.05) is 6.54 Å². The lowest BCUT2D eigenvalue weighted by Crippen LogP contribution is -2.26. The van der Waals surface area contributed by atoms with Crippen molar-refractivity contribution in [1.82, 2.24) is 4.90 Å². The Hall–Kier alpha value is -2.35. The molecule has 122 valence electrons. The standard InChI is InChI=1S/C18H14Cl2N2O2/c1-2-7-22-10-21-17(13-5-3-11(23)8-15(13)19)18(22)14-6-4-12(24)9-16(14)20/h1,3-6,8-10,17-18,23-24H,7H2/t17-,18+/m0/s1. The molecule has 0 saturated heterocycles. The summed E-state index contributed by atoms with van der Waals surface area (Å²) >= 11 is 12.6. The molecular formula is C18H14Cl2N2O2. The summed E-state index contributed by atoms with van der Waals surface area (Å²) in [5.41, 5.74) is 1.55. The lowest BCUT2D eigenvalue weighted by atomic mass is 9.93. The minimum Gasteiger partial charge on any atom is -0.508 e. The van der Waals surface area contributed by atoms with Gasteiger partial charge in [0.25, 0.3) is 0 Å². The maximum absolute atomic E-state index is 9.60. The fourth-order valence-electron chi connectivity index (χ4n) is 2.85. The number of hydrogen-bond donors (Lipinski definition) is 2. The van der Waals surface area contributed by atoms with E-state index in [4.69, 9.17) is 29.6 Å². The number of nitrogens with zero attached hydrogens (tertiary/aromatic N) is 2. The van der Waals surface area contributed by atoms with Gasteiger partial charge >= 0.3 is 0 Å². The summed E-state index contributed by atoms with van der Waals surface area (Å²) in [6, 6.07) is 9.01. The molecule has 24 heavy (non-hydrogen) atoms. The van der Waals surface area contributed by atoms with Crippen LogP contribution in [-0.2, 0) is 0 Å². The molecule has 3 rings (SSSR count). The van der Waals surface area contributed by atoms with Crippen LogP contribution < -0.4 is 0 Å². The van der Waals surface area contributed by atoms with Crippen molar-refractivity contribution in [1.29, 1.82) is 0 Å². The summed E-state index contributed by atoms with van der Waals surface area (Å²) in [5, 5.41) is 20.0. The molecule has 1 heterocycles. The highest BCUT2D eigenvalue weighted by molar-refractivity contribution is 6.32. The molecule has 0 fully saturated rings. The quantitative estimate of drug-likeness (QED) is 0.807. The van der Waals surface area contributed by atoms with Crippen molar-refractivity contribution in [3.63, 3.8) is 0 Å². The first kappa shape index (κ1) is 16.5. The lowest BCUT2D eigenvalue weighted by molar-refractivity contribution is 0.346. The van der Waals surface area contributed by atoms with Crippen LogP contribution in [0.2, 0.25) is 10.0 Å². The number of aromatic hydroxyl groups is 2. The monoisotopic (exact) mass is 360 g/mol. The van der Waals surface area contributed by atoms with Gasteiger partial charge in [0.2, 0.25) is 0 Å². The van der Waals surface area contributed by atoms with Gasteiger partial charge in [0, 0.05) is 10.0 Å². The fourth-order valence-corrected chi connectivity index (χ4v) is 3.42. The molecule has 1 aliphatic heterocycles. The topological polar surface area (TPSA) is 56.1 Å². The minimum absolute atomic E-state index is 0.0883. The van der Waals surface area contributed by atoms with Crippen molar-refractivity contribution in [2.24, 2.45) is 4.99 Å². The molecule has 2 aromatic rings. The molecule has 1 aliphatic rings. The zero-order chi connectivity index (χ0) is 17.3. The second-order valence-corrected chi connectivity index (χ2v) is 6.26. The average Bonchev–Trinajstić information content (AvgIpc) is 2.91. The van der Waals surface area contributed by atoms with Crippen LogP contribution in [0, 0.1) is 12.3 Å².